The summed E-state index contributed by atoms with van der Waals surface area (Å²) in [4.78, 5) is 27.3. The SMILES string of the molecule is C=CCSc1ccccc1NC(=O)CN1C(C(=O)O)CC2CCCCC21. The third kappa shape index (κ3) is 4.30. The molecule has 140 valence electrons. The minimum Gasteiger partial charge on any atom is -0.480 e. The Bertz CT molecular complexity index is 679. The average Bonchev–Trinajstić information content (AvgIpc) is 3.00. The van der Waals surface area contributed by atoms with Crippen LogP contribution in [0.3, 0.4) is 0 Å². The van der Waals surface area contributed by atoms with Crippen LogP contribution in [-0.2, 0) is 9.59 Å². The number of aliphatic carboxylic acids is 1. The van der Waals surface area contributed by atoms with Crippen LogP contribution < -0.4 is 5.32 Å². The standard InChI is InChI=1S/C20H26N2O3S/c1-2-11-26-18-10-6-4-8-15(18)21-19(23)13-22-16-9-5-3-7-14(16)12-17(22)20(24)25/h2,4,6,8,10,14,16-17H,1,3,5,7,9,11-13H2,(H,21,23)(H,24,25). The molecule has 0 bridgehead atoms. The van der Waals surface area contributed by atoms with Crippen LogP contribution in [0.1, 0.15) is 32.1 Å². The number of carboxylic acids is 1. The maximum atomic E-state index is 12.7. The van der Waals surface area contributed by atoms with E-state index in [1.54, 1.807) is 11.8 Å². The maximum absolute atomic E-state index is 12.7. The fourth-order valence-electron chi connectivity index (χ4n) is 4.22. The van der Waals surface area contributed by atoms with Gasteiger partial charge in [-0.1, -0.05) is 31.1 Å². The number of hydrogen-bond donors (Lipinski definition) is 2. The van der Waals surface area contributed by atoms with E-state index in [1.807, 2.05) is 35.2 Å². The van der Waals surface area contributed by atoms with E-state index in [1.165, 1.54) is 6.42 Å². The Morgan fingerprint density at radius 3 is 2.85 bits per heavy atom. The third-order valence-electron chi connectivity index (χ3n) is 5.35. The molecule has 2 N–H and O–H groups in total. The Morgan fingerprint density at radius 2 is 2.08 bits per heavy atom. The van der Waals surface area contributed by atoms with E-state index in [4.69, 9.17) is 0 Å². The summed E-state index contributed by atoms with van der Waals surface area (Å²) in [7, 11) is 0. The number of rotatable bonds is 7. The van der Waals surface area contributed by atoms with E-state index >= 15 is 0 Å². The molecule has 0 spiro atoms. The summed E-state index contributed by atoms with van der Waals surface area (Å²) in [5.74, 6) is 0.223. The van der Waals surface area contributed by atoms with Crippen molar-refractivity contribution in [1.29, 1.82) is 0 Å². The van der Waals surface area contributed by atoms with Crippen molar-refractivity contribution in [3.63, 3.8) is 0 Å². The Balaban J connectivity index is 1.68. The number of hydrogen-bond acceptors (Lipinski definition) is 4. The summed E-state index contributed by atoms with van der Waals surface area (Å²) in [5, 5.41) is 12.6. The van der Waals surface area contributed by atoms with Crippen molar-refractivity contribution in [2.45, 2.75) is 49.1 Å². The number of carbonyl (C=O) groups is 2. The highest BCUT2D eigenvalue weighted by molar-refractivity contribution is 7.99. The van der Waals surface area contributed by atoms with Crippen LogP contribution in [0.2, 0.25) is 0 Å². The zero-order valence-electron chi connectivity index (χ0n) is 14.9. The molecule has 6 heteroatoms. The van der Waals surface area contributed by atoms with Crippen LogP contribution >= 0.6 is 11.8 Å². The summed E-state index contributed by atoms with van der Waals surface area (Å²) in [6, 6.07) is 7.36. The van der Waals surface area contributed by atoms with Crippen molar-refractivity contribution in [2.75, 3.05) is 17.6 Å². The summed E-state index contributed by atoms with van der Waals surface area (Å²) in [5.41, 5.74) is 0.774. The van der Waals surface area contributed by atoms with Gasteiger partial charge >= 0.3 is 5.97 Å². The molecule has 1 saturated carbocycles. The summed E-state index contributed by atoms with van der Waals surface area (Å²) >= 11 is 1.61. The molecule has 0 aromatic heterocycles. The van der Waals surface area contributed by atoms with Crippen LogP contribution in [0.15, 0.2) is 41.8 Å². The number of nitrogens with one attached hydrogen (secondary N) is 1. The first-order chi connectivity index (χ1) is 12.6. The Kier molecular flexibility index (Phi) is 6.38. The van der Waals surface area contributed by atoms with E-state index < -0.39 is 12.0 Å². The molecule has 1 saturated heterocycles. The third-order valence-corrected chi connectivity index (χ3v) is 6.42. The molecule has 2 aliphatic rings. The monoisotopic (exact) mass is 374 g/mol. The van der Waals surface area contributed by atoms with Gasteiger partial charge in [0.25, 0.3) is 0 Å². The zero-order chi connectivity index (χ0) is 18.5. The van der Waals surface area contributed by atoms with E-state index in [9.17, 15) is 14.7 Å². The Morgan fingerprint density at radius 1 is 1.31 bits per heavy atom. The summed E-state index contributed by atoms with van der Waals surface area (Å²) in [6.45, 7) is 3.87. The first kappa shape index (κ1) is 19.0. The number of anilines is 1. The molecule has 0 radical (unpaired) electrons. The molecule has 1 amide bonds. The maximum Gasteiger partial charge on any atom is 0.320 e. The van der Waals surface area contributed by atoms with Crippen LogP contribution in [-0.4, -0.2) is 46.3 Å². The molecule has 1 aromatic carbocycles. The lowest BCUT2D eigenvalue weighted by Crippen LogP contribution is -2.46. The fourth-order valence-corrected chi connectivity index (χ4v) is 4.97. The van der Waals surface area contributed by atoms with E-state index in [2.05, 4.69) is 11.9 Å². The predicted molar refractivity (Wildman–Crippen MR) is 104 cm³/mol. The largest absolute Gasteiger partial charge is 0.480 e. The molecule has 3 unspecified atom stereocenters. The van der Waals surface area contributed by atoms with Crippen molar-refractivity contribution in [1.82, 2.24) is 4.90 Å². The number of amides is 1. The van der Waals surface area contributed by atoms with Crippen molar-refractivity contribution < 1.29 is 14.7 Å². The quantitative estimate of drug-likeness (QED) is 0.563. The van der Waals surface area contributed by atoms with Gasteiger partial charge in [0.05, 0.1) is 12.2 Å². The number of likely N-dealkylation sites (tertiary alicyclic amines) is 1. The van der Waals surface area contributed by atoms with Gasteiger partial charge < -0.3 is 10.4 Å². The second-order valence-corrected chi connectivity index (χ2v) is 8.08. The van der Waals surface area contributed by atoms with Crippen molar-refractivity contribution in [2.24, 2.45) is 5.92 Å². The van der Waals surface area contributed by atoms with Crippen molar-refractivity contribution in [3.05, 3.63) is 36.9 Å². The number of carbonyl (C=O) groups excluding carboxylic acids is 1. The van der Waals surface area contributed by atoms with Gasteiger partial charge in [0.2, 0.25) is 5.91 Å². The lowest BCUT2D eigenvalue weighted by Gasteiger charge is -2.32. The first-order valence-corrected chi connectivity index (χ1v) is 10.2. The number of para-hydroxylation sites is 1. The van der Waals surface area contributed by atoms with E-state index in [0.29, 0.717) is 12.3 Å². The summed E-state index contributed by atoms with van der Waals surface area (Å²) < 4.78 is 0. The topological polar surface area (TPSA) is 69.6 Å². The number of nitrogens with zero attached hydrogens (tertiary/aromatic N) is 1. The molecule has 5 nitrogen and oxygen atoms in total. The zero-order valence-corrected chi connectivity index (χ0v) is 15.7. The highest BCUT2D eigenvalue weighted by Gasteiger charge is 2.45. The van der Waals surface area contributed by atoms with Gasteiger partial charge in [-0.2, -0.15) is 0 Å². The number of carboxylic acid groups (broad SMARTS) is 1. The lowest BCUT2D eigenvalue weighted by atomic mass is 9.85. The fraction of sp³-hybridized carbons (Fsp3) is 0.500. The molecular weight excluding hydrogens is 348 g/mol. The molecule has 1 heterocycles. The minimum atomic E-state index is -0.811. The number of fused-ring (bicyclic) bond motifs is 1. The minimum absolute atomic E-state index is 0.137. The lowest BCUT2D eigenvalue weighted by molar-refractivity contribution is -0.143. The van der Waals surface area contributed by atoms with Gasteiger partial charge in [0, 0.05) is 16.7 Å². The first-order valence-electron chi connectivity index (χ1n) is 9.21. The highest BCUT2D eigenvalue weighted by atomic mass is 32.2. The number of benzene rings is 1. The molecule has 3 rings (SSSR count). The number of thioether (sulfide) groups is 1. The van der Waals surface area contributed by atoms with Crippen molar-refractivity contribution in [3.8, 4) is 0 Å². The molecular formula is C20H26N2O3S. The summed E-state index contributed by atoms with van der Waals surface area (Å²) in [6.07, 6.45) is 6.85. The van der Waals surface area contributed by atoms with Gasteiger partial charge in [-0.05, 0) is 37.3 Å². The molecule has 1 aliphatic carbocycles. The smallest absolute Gasteiger partial charge is 0.320 e. The van der Waals surface area contributed by atoms with Crippen LogP contribution in [0, 0.1) is 5.92 Å². The normalized spacial score (nSPS) is 25.5. The van der Waals surface area contributed by atoms with Crippen LogP contribution in [0.5, 0.6) is 0 Å². The second-order valence-electron chi connectivity index (χ2n) is 7.02. The second kappa shape index (κ2) is 8.73. The average molecular weight is 375 g/mol. The molecule has 2 fully saturated rings. The molecule has 3 atom stereocenters. The van der Waals surface area contributed by atoms with Gasteiger partial charge in [-0.15, -0.1) is 18.3 Å². The van der Waals surface area contributed by atoms with Crippen LogP contribution in [0.4, 0.5) is 5.69 Å². The Labute approximate surface area is 158 Å². The van der Waals surface area contributed by atoms with Gasteiger partial charge in [0.15, 0.2) is 0 Å². The molecule has 26 heavy (non-hydrogen) atoms. The van der Waals surface area contributed by atoms with Crippen molar-refractivity contribution >= 4 is 29.3 Å². The Hall–Kier alpha value is -1.79. The van der Waals surface area contributed by atoms with E-state index in [0.717, 1.165) is 35.6 Å². The van der Waals surface area contributed by atoms with Crippen LogP contribution in [0.25, 0.3) is 0 Å². The van der Waals surface area contributed by atoms with Gasteiger partial charge in [0.1, 0.15) is 6.04 Å². The molecule has 1 aromatic rings. The molecule has 1 aliphatic heterocycles. The van der Waals surface area contributed by atoms with Gasteiger partial charge in [-0.25, -0.2) is 0 Å². The predicted octanol–water partition coefficient (Wildman–Crippen LogP) is 3.62. The van der Waals surface area contributed by atoms with Gasteiger partial charge in [-0.3, -0.25) is 14.5 Å². The van der Waals surface area contributed by atoms with E-state index in [-0.39, 0.29) is 18.5 Å². The highest BCUT2D eigenvalue weighted by Crippen LogP contribution is 2.39.